The summed E-state index contributed by atoms with van der Waals surface area (Å²) in [5, 5.41) is 0. The van der Waals surface area contributed by atoms with Crippen LogP contribution in [-0.2, 0) is 14.3 Å². The Balaban J connectivity index is 1.67. The Morgan fingerprint density at radius 2 is 1.56 bits per heavy atom. The normalized spacial score (nSPS) is 17.3. The van der Waals surface area contributed by atoms with Gasteiger partial charge in [-0.25, -0.2) is 9.69 Å². The number of ether oxygens (including phenoxy) is 1. The number of imide groups is 1. The fourth-order valence-electron chi connectivity index (χ4n) is 3.97. The minimum atomic E-state index is -0.418. The van der Waals surface area contributed by atoms with Gasteiger partial charge in [0.15, 0.2) is 0 Å². The summed E-state index contributed by atoms with van der Waals surface area (Å²) in [6, 6.07) is 15.7. The summed E-state index contributed by atoms with van der Waals surface area (Å²) < 4.78 is 5.16. The van der Waals surface area contributed by atoms with E-state index in [1.54, 1.807) is 24.3 Å². The van der Waals surface area contributed by atoms with Gasteiger partial charge < -0.3 is 14.5 Å². The van der Waals surface area contributed by atoms with Crippen LogP contribution in [0.3, 0.4) is 0 Å². The summed E-state index contributed by atoms with van der Waals surface area (Å²) >= 11 is 0. The highest BCUT2D eigenvalue weighted by Crippen LogP contribution is 2.35. The van der Waals surface area contributed by atoms with E-state index in [-0.39, 0.29) is 11.8 Å². The number of carbonyl (C=O) groups is 3. The van der Waals surface area contributed by atoms with Gasteiger partial charge in [-0.15, -0.1) is 0 Å². The zero-order chi connectivity index (χ0) is 22.7. The summed E-state index contributed by atoms with van der Waals surface area (Å²) in [4.78, 5) is 44.6. The van der Waals surface area contributed by atoms with E-state index in [1.807, 2.05) is 49.2 Å². The Hall–Kier alpha value is -3.45. The van der Waals surface area contributed by atoms with Crippen LogP contribution < -0.4 is 4.90 Å². The monoisotopic (exact) mass is 433 g/mol. The third kappa shape index (κ3) is 4.16. The predicted octanol–water partition coefficient (Wildman–Crippen LogP) is 2.79. The van der Waals surface area contributed by atoms with Crippen molar-refractivity contribution < 1.29 is 19.1 Å². The molecule has 0 saturated carbocycles. The molecule has 0 N–H and O–H groups in total. The lowest BCUT2D eigenvalue weighted by Crippen LogP contribution is -2.46. The van der Waals surface area contributed by atoms with Gasteiger partial charge in [-0.1, -0.05) is 37.3 Å². The van der Waals surface area contributed by atoms with Crippen LogP contribution in [0.25, 0.3) is 5.57 Å². The number of amides is 2. The first-order valence-corrected chi connectivity index (χ1v) is 10.9. The van der Waals surface area contributed by atoms with Gasteiger partial charge in [0.05, 0.1) is 23.4 Å². The van der Waals surface area contributed by atoms with Gasteiger partial charge >= 0.3 is 5.97 Å². The van der Waals surface area contributed by atoms with Crippen LogP contribution in [0.5, 0.6) is 0 Å². The molecule has 2 aliphatic rings. The maximum Gasteiger partial charge on any atom is 0.338 e. The number of esters is 1. The molecule has 7 heteroatoms. The third-order valence-corrected chi connectivity index (χ3v) is 5.74. The van der Waals surface area contributed by atoms with E-state index in [9.17, 15) is 14.4 Å². The summed E-state index contributed by atoms with van der Waals surface area (Å²) in [6.07, 6.45) is 0.740. The SMILES string of the molecule is CCCOC(=O)c1ccc(N2C(=O)C(c3ccccc3)=C(N3CCN(C)CC3)C2=O)cc1. The molecule has 2 aromatic rings. The van der Waals surface area contributed by atoms with Gasteiger partial charge in [-0.05, 0) is 43.3 Å². The average Bonchev–Trinajstić information content (AvgIpc) is 3.08. The van der Waals surface area contributed by atoms with Crippen molar-refractivity contribution in [2.75, 3.05) is 44.7 Å². The number of anilines is 1. The molecule has 0 aliphatic carbocycles. The molecule has 0 spiro atoms. The quantitative estimate of drug-likeness (QED) is 0.515. The first-order valence-electron chi connectivity index (χ1n) is 10.9. The van der Waals surface area contributed by atoms with Crippen LogP contribution in [0.15, 0.2) is 60.3 Å². The van der Waals surface area contributed by atoms with Crippen molar-refractivity contribution in [1.82, 2.24) is 9.80 Å². The topological polar surface area (TPSA) is 70.2 Å². The van der Waals surface area contributed by atoms with Crippen molar-refractivity contribution in [2.24, 2.45) is 0 Å². The second-order valence-corrected chi connectivity index (χ2v) is 8.01. The molecule has 1 fully saturated rings. The first-order chi connectivity index (χ1) is 15.5. The molecule has 0 radical (unpaired) electrons. The molecule has 32 heavy (non-hydrogen) atoms. The zero-order valence-corrected chi connectivity index (χ0v) is 18.4. The minimum absolute atomic E-state index is 0.334. The molecular formula is C25H27N3O4. The van der Waals surface area contributed by atoms with Gasteiger partial charge in [0.1, 0.15) is 5.70 Å². The van der Waals surface area contributed by atoms with Crippen LogP contribution in [0.1, 0.15) is 29.3 Å². The molecule has 2 heterocycles. The summed E-state index contributed by atoms with van der Waals surface area (Å²) in [6.45, 7) is 5.27. The number of piperazine rings is 1. The highest BCUT2D eigenvalue weighted by atomic mass is 16.5. The fourth-order valence-corrected chi connectivity index (χ4v) is 3.97. The zero-order valence-electron chi connectivity index (χ0n) is 18.4. The van der Waals surface area contributed by atoms with Crippen molar-refractivity contribution >= 4 is 29.0 Å². The average molecular weight is 434 g/mol. The van der Waals surface area contributed by atoms with E-state index in [2.05, 4.69) is 4.90 Å². The smallest absolute Gasteiger partial charge is 0.338 e. The van der Waals surface area contributed by atoms with Crippen molar-refractivity contribution in [3.63, 3.8) is 0 Å². The standard InChI is InChI=1S/C25H27N3O4/c1-3-17-32-25(31)19-9-11-20(12-10-19)28-23(29)21(18-7-5-4-6-8-18)22(24(28)30)27-15-13-26(2)14-16-27/h4-12H,3,13-17H2,1-2H3. The van der Waals surface area contributed by atoms with Crippen molar-refractivity contribution in [3.05, 3.63) is 71.4 Å². The Labute approximate surface area is 187 Å². The lowest BCUT2D eigenvalue weighted by Gasteiger charge is -2.34. The highest BCUT2D eigenvalue weighted by molar-refractivity contribution is 6.45. The number of nitrogens with zero attached hydrogens (tertiary/aromatic N) is 3. The van der Waals surface area contributed by atoms with E-state index in [0.717, 1.165) is 25.1 Å². The van der Waals surface area contributed by atoms with Crippen LogP contribution in [0.2, 0.25) is 0 Å². The Kier molecular flexibility index (Phi) is 6.37. The number of carbonyl (C=O) groups excluding carboxylic acids is 3. The molecule has 1 saturated heterocycles. The number of benzene rings is 2. The highest BCUT2D eigenvalue weighted by Gasteiger charge is 2.42. The second-order valence-electron chi connectivity index (χ2n) is 8.01. The second kappa shape index (κ2) is 9.36. The van der Waals surface area contributed by atoms with Gasteiger partial charge in [-0.2, -0.15) is 0 Å². The van der Waals surface area contributed by atoms with Gasteiger partial charge in [-0.3, -0.25) is 9.59 Å². The summed E-state index contributed by atoms with van der Waals surface area (Å²) in [5.41, 5.74) is 2.41. The maximum atomic E-state index is 13.5. The first kappa shape index (κ1) is 21.8. The lowest BCUT2D eigenvalue weighted by atomic mass is 10.0. The number of likely N-dealkylation sites (N-methyl/N-ethyl adjacent to an activating group) is 1. The van der Waals surface area contributed by atoms with Crippen molar-refractivity contribution in [2.45, 2.75) is 13.3 Å². The molecule has 2 aliphatic heterocycles. The Morgan fingerprint density at radius 3 is 2.19 bits per heavy atom. The molecule has 0 bridgehead atoms. The third-order valence-electron chi connectivity index (χ3n) is 5.74. The van der Waals surface area contributed by atoms with Gasteiger partial charge in [0.2, 0.25) is 0 Å². The van der Waals surface area contributed by atoms with E-state index < -0.39 is 5.97 Å². The van der Waals surface area contributed by atoms with E-state index in [0.29, 0.717) is 42.2 Å². The number of rotatable bonds is 6. The van der Waals surface area contributed by atoms with E-state index in [1.165, 1.54) is 4.90 Å². The molecule has 0 unspecified atom stereocenters. The lowest BCUT2D eigenvalue weighted by molar-refractivity contribution is -0.120. The van der Waals surface area contributed by atoms with Crippen LogP contribution >= 0.6 is 0 Å². The van der Waals surface area contributed by atoms with Crippen molar-refractivity contribution in [3.8, 4) is 0 Å². The van der Waals surface area contributed by atoms with Gasteiger partial charge in [0.25, 0.3) is 11.8 Å². The molecular weight excluding hydrogens is 406 g/mol. The molecule has 4 rings (SSSR count). The van der Waals surface area contributed by atoms with Crippen LogP contribution in [0.4, 0.5) is 5.69 Å². The molecule has 2 amide bonds. The summed E-state index contributed by atoms with van der Waals surface area (Å²) in [7, 11) is 2.05. The fraction of sp³-hybridized carbons (Fsp3) is 0.320. The summed E-state index contributed by atoms with van der Waals surface area (Å²) in [5.74, 6) is -1.10. The van der Waals surface area contributed by atoms with E-state index >= 15 is 0 Å². The minimum Gasteiger partial charge on any atom is -0.462 e. The predicted molar refractivity (Wildman–Crippen MR) is 122 cm³/mol. The molecule has 2 aromatic carbocycles. The van der Waals surface area contributed by atoms with Crippen molar-refractivity contribution in [1.29, 1.82) is 0 Å². The van der Waals surface area contributed by atoms with Crippen LogP contribution in [-0.4, -0.2) is 67.4 Å². The molecule has 166 valence electrons. The Morgan fingerprint density at radius 1 is 0.906 bits per heavy atom. The molecule has 0 aromatic heterocycles. The largest absolute Gasteiger partial charge is 0.462 e. The van der Waals surface area contributed by atoms with E-state index in [4.69, 9.17) is 4.74 Å². The Bertz CT molecular complexity index is 1040. The van der Waals surface area contributed by atoms with Crippen LogP contribution in [0, 0.1) is 0 Å². The molecule has 0 atom stereocenters. The molecule has 7 nitrogen and oxygen atoms in total. The number of hydrogen-bond acceptors (Lipinski definition) is 6. The maximum absolute atomic E-state index is 13.5. The van der Waals surface area contributed by atoms with Gasteiger partial charge in [0, 0.05) is 26.2 Å². The number of hydrogen-bond donors (Lipinski definition) is 0.